The monoisotopic (exact) mass is 259 g/mol. The summed E-state index contributed by atoms with van der Waals surface area (Å²) in [6.45, 7) is 4.96. The summed E-state index contributed by atoms with van der Waals surface area (Å²) >= 11 is 0. The molecule has 0 spiro atoms. The zero-order valence-electron chi connectivity index (χ0n) is 11.5. The fourth-order valence-electron chi connectivity index (χ4n) is 1.99. The fraction of sp³-hybridized carbons (Fsp3) is 0.400. The molecule has 1 heterocycles. The van der Waals surface area contributed by atoms with Crippen LogP contribution in [0.1, 0.15) is 30.4 Å². The number of rotatable bonds is 6. The van der Waals surface area contributed by atoms with Crippen LogP contribution in [0.5, 0.6) is 5.75 Å². The van der Waals surface area contributed by atoms with E-state index in [9.17, 15) is 5.11 Å². The number of aromatic hydroxyl groups is 1. The molecule has 0 saturated carbocycles. The molecule has 1 aromatic heterocycles. The summed E-state index contributed by atoms with van der Waals surface area (Å²) in [6, 6.07) is 7.86. The van der Waals surface area contributed by atoms with Crippen molar-refractivity contribution >= 4 is 0 Å². The van der Waals surface area contributed by atoms with E-state index in [1.54, 1.807) is 12.1 Å². The van der Waals surface area contributed by atoms with Gasteiger partial charge in [-0.2, -0.15) is 0 Å². The van der Waals surface area contributed by atoms with E-state index in [2.05, 4.69) is 22.2 Å². The Labute approximate surface area is 113 Å². The molecule has 0 amide bonds. The highest BCUT2D eigenvalue weighted by atomic mass is 16.3. The number of aryl methyl sites for hydroxylation is 2. The van der Waals surface area contributed by atoms with Crippen molar-refractivity contribution in [3.63, 3.8) is 0 Å². The highest BCUT2D eigenvalue weighted by molar-refractivity contribution is 5.25. The number of nitrogens with zero attached hydrogens (tertiary/aromatic N) is 1. The summed E-state index contributed by atoms with van der Waals surface area (Å²) in [5.41, 5.74) is 2.37. The SMILES string of the molecule is Cc1ncc(CNC(C)CCc2ccc(O)cc2)[nH]1. The minimum atomic E-state index is 0.324. The Morgan fingerprint density at radius 3 is 2.68 bits per heavy atom. The number of nitrogens with one attached hydrogen (secondary N) is 2. The second kappa shape index (κ2) is 6.38. The lowest BCUT2D eigenvalue weighted by Crippen LogP contribution is -2.26. The predicted molar refractivity (Wildman–Crippen MR) is 76.1 cm³/mol. The Hall–Kier alpha value is -1.81. The third kappa shape index (κ3) is 4.41. The molecule has 3 N–H and O–H groups in total. The van der Waals surface area contributed by atoms with Crippen LogP contribution in [0.3, 0.4) is 0 Å². The number of imidazole rings is 1. The van der Waals surface area contributed by atoms with Crippen molar-refractivity contribution in [3.05, 3.63) is 47.5 Å². The third-order valence-corrected chi connectivity index (χ3v) is 3.20. The molecule has 0 aliphatic heterocycles. The first kappa shape index (κ1) is 13.6. The topological polar surface area (TPSA) is 60.9 Å². The maximum Gasteiger partial charge on any atom is 0.115 e. The first-order valence-electron chi connectivity index (χ1n) is 6.65. The van der Waals surface area contributed by atoms with Gasteiger partial charge >= 0.3 is 0 Å². The Morgan fingerprint density at radius 2 is 2.05 bits per heavy atom. The molecular formula is C15H21N3O. The largest absolute Gasteiger partial charge is 0.508 e. The van der Waals surface area contributed by atoms with Gasteiger partial charge < -0.3 is 15.4 Å². The van der Waals surface area contributed by atoms with Crippen LogP contribution in [0.25, 0.3) is 0 Å². The molecule has 0 fully saturated rings. The number of aromatic nitrogens is 2. The summed E-state index contributed by atoms with van der Waals surface area (Å²) in [7, 11) is 0. The number of benzene rings is 1. The van der Waals surface area contributed by atoms with Gasteiger partial charge in [-0.05, 0) is 44.4 Å². The van der Waals surface area contributed by atoms with Crippen LogP contribution in [-0.2, 0) is 13.0 Å². The van der Waals surface area contributed by atoms with Crippen molar-refractivity contribution in [2.45, 2.75) is 39.3 Å². The molecule has 1 atom stereocenters. The zero-order chi connectivity index (χ0) is 13.7. The van der Waals surface area contributed by atoms with Crippen LogP contribution >= 0.6 is 0 Å². The normalized spacial score (nSPS) is 12.5. The molecule has 0 radical (unpaired) electrons. The van der Waals surface area contributed by atoms with E-state index >= 15 is 0 Å². The van der Waals surface area contributed by atoms with Crippen LogP contribution in [0.4, 0.5) is 0 Å². The molecule has 0 saturated heterocycles. The van der Waals surface area contributed by atoms with Crippen LogP contribution < -0.4 is 5.32 Å². The molecule has 102 valence electrons. The second-order valence-electron chi connectivity index (χ2n) is 4.98. The third-order valence-electron chi connectivity index (χ3n) is 3.20. The molecule has 1 unspecified atom stereocenters. The lowest BCUT2D eigenvalue weighted by Gasteiger charge is -2.13. The van der Waals surface area contributed by atoms with Gasteiger partial charge in [-0.25, -0.2) is 4.98 Å². The average Bonchev–Trinajstić information content (AvgIpc) is 2.81. The minimum absolute atomic E-state index is 0.324. The van der Waals surface area contributed by atoms with Gasteiger partial charge in [-0.15, -0.1) is 0 Å². The van der Waals surface area contributed by atoms with E-state index in [-0.39, 0.29) is 0 Å². The first-order chi connectivity index (χ1) is 9.13. The highest BCUT2D eigenvalue weighted by Crippen LogP contribution is 2.12. The summed E-state index contributed by atoms with van der Waals surface area (Å²) in [5, 5.41) is 12.7. The lowest BCUT2D eigenvalue weighted by molar-refractivity contribution is 0.474. The van der Waals surface area contributed by atoms with Crippen LogP contribution in [0.15, 0.2) is 30.5 Å². The molecule has 0 aliphatic rings. The Morgan fingerprint density at radius 1 is 1.32 bits per heavy atom. The molecule has 4 heteroatoms. The van der Waals surface area contributed by atoms with E-state index in [0.717, 1.165) is 30.9 Å². The maximum absolute atomic E-state index is 9.22. The van der Waals surface area contributed by atoms with Gasteiger partial charge in [0.05, 0.1) is 0 Å². The summed E-state index contributed by atoms with van der Waals surface area (Å²) in [4.78, 5) is 7.39. The van der Waals surface area contributed by atoms with Crippen LogP contribution in [0, 0.1) is 6.92 Å². The van der Waals surface area contributed by atoms with Gasteiger partial charge in [0.25, 0.3) is 0 Å². The zero-order valence-corrected chi connectivity index (χ0v) is 11.5. The van der Waals surface area contributed by atoms with Gasteiger partial charge in [-0.1, -0.05) is 12.1 Å². The average molecular weight is 259 g/mol. The standard InChI is InChI=1S/C15H21N3O/c1-11(16-9-14-10-17-12(2)18-14)3-4-13-5-7-15(19)8-6-13/h5-8,10-11,16,19H,3-4,9H2,1-2H3,(H,17,18). The van der Waals surface area contributed by atoms with Crippen LogP contribution in [0.2, 0.25) is 0 Å². The maximum atomic E-state index is 9.22. The molecule has 2 rings (SSSR count). The van der Waals surface area contributed by atoms with E-state index in [1.807, 2.05) is 25.3 Å². The van der Waals surface area contributed by atoms with Gasteiger partial charge in [0.2, 0.25) is 0 Å². The van der Waals surface area contributed by atoms with E-state index < -0.39 is 0 Å². The Balaban J connectivity index is 1.72. The number of hydrogen-bond acceptors (Lipinski definition) is 3. The molecule has 19 heavy (non-hydrogen) atoms. The molecule has 0 aliphatic carbocycles. The van der Waals surface area contributed by atoms with Gasteiger partial charge in [-0.3, -0.25) is 0 Å². The molecule has 0 bridgehead atoms. The second-order valence-corrected chi connectivity index (χ2v) is 4.98. The van der Waals surface area contributed by atoms with Crippen molar-refractivity contribution < 1.29 is 5.11 Å². The number of phenols is 1. The summed E-state index contributed by atoms with van der Waals surface area (Å²) < 4.78 is 0. The fourth-order valence-corrected chi connectivity index (χ4v) is 1.99. The molecule has 1 aromatic carbocycles. The van der Waals surface area contributed by atoms with E-state index in [4.69, 9.17) is 0 Å². The van der Waals surface area contributed by atoms with Crippen LogP contribution in [-0.4, -0.2) is 21.1 Å². The van der Waals surface area contributed by atoms with Crippen molar-refractivity contribution in [1.29, 1.82) is 0 Å². The molecule has 2 aromatic rings. The Bertz CT molecular complexity index is 504. The van der Waals surface area contributed by atoms with Crippen molar-refractivity contribution in [2.24, 2.45) is 0 Å². The van der Waals surface area contributed by atoms with Crippen molar-refractivity contribution in [2.75, 3.05) is 0 Å². The smallest absolute Gasteiger partial charge is 0.115 e. The predicted octanol–water partition coefficient (Wildman–Crippen LogP) is 2.53. The quantitative estimate of drug-likeness (QED) is 0.747. The summed E-state index contributed by atoms with van der Waals surface area (Å²) in [5.74, 6) is 1.28. The molecule has 4 nitrogen and oxygen atoms in total. The number of aromatic amines is 1. The van der Waals surface area contributed by atoms with Crippen molar-refractivity contribution in [1.82, 2.24) is 15.3 Å². The van der Waals surface area contributed by atoms with Gasteiger partial charge in [0, 0.05) is 24.5 Å². The van der Waals surface area contributed by atoms with Gasteiger partial charge in [0.1, 0.15) is 11.6 Å². The summed E-state index contributed by atoms with van der Waals surface area (Å²) in [6.07, 6.45) is 3.95. The molecular weight excluding hydrogens is 238 g/mol. The number of phenolic OH excluding ortho intramolecular Hbond substituents is 1. The van der Waals surface area contributed by atoms with Crippen molar-refractivity contribution in [3.8, 4) is 5.75 Å². The first-order valence-corrected chi connectivity index (χ1v) is 6.65. The lowest BCUT2D eigenvalue weighted by atomic mass is 10.1. The number of hydrogen-bond donors (Lipinski definition) is 3. The van der Waals surface area contributed by atoms with E-state index in [1.165, 1.54) is 5.56 Å². The highest BCUT2D eigenvalue weighted by Gasteiger charge is 2.04. The minimum Gasteiger partial charge on any atom is -0.508 e. The van der Waals surface area contributed by atoms with E-state index in [0.29, 0.717) is 11.8 Å². The number of H-pyrrole nitrogens is 1. The Kier molecular flexibility index (Phi) is 4.58. The van der Waals surface area contributed by atoms with Gasteiger partial charge in [0.15, 0.2) is 0 Å².